The van der Waals surface area contributed by atoms with Crippen LogP contribution in [0, 0.1) is 11.8 Å². The van der Waals surface area contributed by atoms with Crippen molar-refractivity contribution in [2.75, 3.05) is 19.0 Å². The van der Waals surface area contributed by atoms with Crippen molar-refractivity contribution in [3.8, 4) is 0 Å². The van der Waals surface area contributed by atoms with Crippen molar-refractivity contribution in [1.29, 1.82) is 0 Å². The second kappa shape index (κ2) is 8.37. The number of ether oxygens (including phenoxy) is 3. The predicted octanol–water partition coefficient (Wildman–Crippen LogP) is 3.44. The molecule has 1 aliphatic heterocycles. The molecular weight excluding hydrogens is 276 g/mol. The molecule has 0 amide bonds. The summed E-state index contributed by atoms with van der Waals surface area (Å²) in [5.74, 6) is 0.0323. The maximum absolute atomic E-state index is 12.2. The minimum Gasteiger partial charge on any atom is -0.328 e. The first-order chi connectivity index (χ1) is 9.49. The molecule has 1 aliphatic rings. The summed E-state index contributed by atoms with van der Waals surface area (Å²) in [6, 6.07) is 0. The third-order valence-corrected chi connectivity index (χ3v) is 4.32. The summed E-state index contributed by atoms with van der Waals surface area (Å²) in [7, 11) is 0. The lowest BCUT2D eigenvalue weighted by Gasteiger charge is -2.44. The molecule has 1 fully saturated rings. The first kappa shape index (κ1) is 18.0. The van der Waals surface area contributed by atoms with Gasteiger partial charge < -0.3 is 14.2 Å². The zero-order chi connectivity index (χ0) is 15.2. The minimum atomic E-state index is -0.966. The number of hydrogen-bond donors (Lipinski definition) is 0. The Bertz CT molecular complexity index is 300. The Hall–Kier alpha value is -0.100. The molecule has 0 bridgehead atoms. The van der Waals surface area contributed by atoms with Crippen molar-refractivity contribution in [3.63, 3.8) is 0 Å². The van der Waals surface area contributed by atoms with E-state index < -0.39 is 5.97 Å². The van der Waals surface area contributed by atoms with Crippen LogP contribution >= 0.6 is 11.8 Å². The molecule has 0 N–H and O–H groups in total. The molecule has 1 saturated heterocycles. The molecule has 0 spiro atoms. The second-order valence-electron chi connectivity index (χ2n) is 5.27. The van der Waals surface area contributed by atoms with Crippen LogP contribution in [0.4, 0.5) is 0 Å². The van der Waals surface area contributed by atoms with Crippen molar-refractivity contribution in [2.24, 2.45) is 11.8 Å². The van der Waals surface area contributed by atoms with Gasteiger partial charge in [0.05, 0.1) is 12.0 Å². The van der Waals surface area contributed by atoms with Gasteiger partial charge in [-0.2, -0.15) is 0 Å². The van der Waals surface area contributed by atoms with Gasteiger partial charge >= 0.3 is 0 Å². The molecule has 0 unspecified atom stereocenters. The Labute approximate surface area is 126 Å². The SMILES string of the molecule is CCOC1(OCC)CC[C@@H](C(=O)SCC)[C@H](C(C)C)O1. The van der Waals surface area contributed by atoms with Crippen LogP contribution in [0.5, 0.6) is 0 Å². The first-order valence-corrected chi connectivity index (χ1v) is 8.60. The van der Waals surface area contributed by atoms with Crippen molar-refractivity contribution >= 4 is 16.9 Å². The Balaban J connectivity index is 2.85. The number of carbonyl (C=O) groups excluding carboxylic acids is 1. The molecule has 0 aliphatic carbocycles. The Kier molecular flexibility index (Phi) is 7.51. The third kappa shape index (κ3) is 4.45. The van der Waals surface area contributed by atoms with Crippen molar-refractivity contribution < 1.29 is 19.0 Å². The van der Waals surface area contributed by atoms with E-state index in [4.69, 9.17) is 14.2 Å². The quantitative estimate of drug-likeness (QED) is 0.674. The summed E-state index contributed by atoms with van der Waals surface area (Å²) >= 11 is 1.39. The van der Waals surface area contributed by atoms with Crippen LogP contribution in [0.25, 0.3) is 0 Å². The van der Waals surface area contributed by atoms with Crippen LogP contribution in [0.3, 0.4) is 0 Å². The number of carbonyl (C=O) groups is 1. The molecule has 0 saturated carbocycles. The van der Waals surface area contributed by atoms with Gasteiger partial charge in [0.15, 0.2) is 5.12 Å². The van der Waals surface area contributed by atoms with E-state index in [1.54, 1.807) is 0 Å². The summed E-state index contributed by atoms with van der Waals surface area (Å²) < 4.78 is 17.6. The molecule has 0 aromatic heterocycles. The van der Waals surface area contributed by atoms with Gasteiger partial charge in [0.1, 0.15) is 0 Å². The zero-order valence-corrected chi connectivity index (χ0v) is 14.1. The first-order valence-electron chi connectivity index (χ1n) is 7.62. The van der Waals surface area contributed by atoms with Crippen molar-refractivity contribution in [3.05, 3.63) is 0 Å². The second-order valence-corrected chi connectivity index (χ2v) is 6.54. The summed E-state index contributed by atoms with van der Waals surface area (Å²) in [5.41, 5.74) is 0. The van der Waals surface area contributed by atoms with E-state index in [-0.39, 0.29) is 23.1 Å². The molecule has 1 heterocycles. The Morgan fingerprint density at radius 3 is 2.35 bits per heavy atom. The van der Waals surface area contributed by atoms with E-state index in [9.17, 15) is 4.79 Å². The molecule has 1 rings (SSSR count). The molecule has 20 heavy (non-hydrogen) atoms. The highest BCUT2D eigenvalue weighted by Crippen LogP contribution is 2.39. The maximum atomic E-state index is 12.2. The van der Waals surface area contributed by atoms with E-state index in [1.165, 1.54) is 11.8 Å². The van der Waals surface area contributed by atoms with E-state index in [0.29, 0.717) is 19.6 Å². The monoisotopic (exact) mass is 304 g/mol. The predicted molar refractivity (Wildman–Crippen MR) is 81.6 cm³/mol. The van der Waals surface area contributed by atoms with Gasteiger partial charge in [0.2, 0.25) is 0 Å². The number of rotatable bonds is 7. The lowest BCUT2D eigenvalue weighted by molar-refractivity contribution is -0.413. The standard InChI is InChI=1S/C15H28O4S/c1-6-17-15(18-7-2)10-9-12(14(16)20-8-3)13(19-15)11(4)5/h11-13H,6-10H2,1-5H3/t12-,13+/m1/s1. The molecular formula is C15H28O4S. The van der Waals surface area contributed by atoms with Crippen LogP contribution in [-0.2, 0) is 19.0 Å². The third-order valence-electron chi connectivity index (χ3n) is 3.45. The van der Waals surface area contributed by atoms with Gasteiger partial charge in [-0.15, -0.1) is 0 Å². The number of hydrogen-bond acceptors (Lipinski definition) is 5. The highest BCUT2D eigenvalue weighted by atomic mass is 32.2. The van der Waals surface area contributed by atoms with E-state index >= 15 is 0 Å². The van der Waals surface area contributed by atoms with Crippen molar-refractivity contribution in [1.82, 2.24) is 0 Å². The normalized spacial score (nSPS) is 25.9. The summed E-state index contributed by atoms with van der Waals surface area (Å²) in [4.78, 5) is 12.2. The minimum absolute atomic E-state index is 0.0611. The van der Waals surface area contributed by atoms with Crippen LogP contribution in [0.2, 0.25) is 0 Å². The highest BCUT2D eigenvalue weighted by molar-refractivity contribution is 8.13. The largest absolute Gasteiger partial charge is 0.328 e. The molecule has 0 aromatic rings. The van der Waals surface area contributed by atoms with Crippen LogP contribution in [0.15, 0.2) is 0 Å². The van der Waals surface area contributed by atoms with Gasteiger partial charge in [0.25, 0.3) is 5.97 Å². The fourth-order valence-electron chi connectivity index (χ4n) is 2.64. The van der Waals surface area contributed by atoms with Gasteiger partial charge in [-0.3, -0.25) is 4.79 Å². The van der Waals surface area contributed by atoms with Gasteiger partial charge in [-0.25, -0.2) is 0 Å². The summed E-state index contributed by atoms with van der Waals surface area (Å²) in [6.07, 6.45) is 1.22. The molecule has 0 aromatic carbocycles. The maximum Gasteiger partial charge on any atom is 0.283 e. The zero-order valence-electron chi connectivity index (χ0n) is 13.3. The topological polar surface area (TPSA) is 44.8 Å². The summed E-state index contributed by atoms with van der Waals surface area (Å²) in [5, 5.41) is 0.229. The number of thioether (sulfide) groups is 1. The molecule has 4 nitrogen and oxygen atoms in total. The lowest BCUT2D eigenvalue weighted by atomic mass is 9.87. The van der Waals surface area contributed by atoms with Crippen LogP contribution in [0.1, 0.15) is 47.5 Å². The van der Waals surface area contributed by atoms with E-state index in [1.807, 2.05) is 20.8 Å². The highest BCUT2D eigenvalue weighted by Gasteiger charge is 2.46. The molecule has 118 valence electrons. The van der Waals surface area contributed by atoms with Gasteiger partial charge in [-0.05, 0) is 31.9 Å². The average Bonchev–Trinajstić information content (AvgIpc) is 2.39. The fourth-order valence-corrected chi connectivity index (χ4v) is 3.39. The van der Waals surface area contributed by atoms with E-state index in [0.717, 1.165) is 12.2 Å². The Morgan fingerprint density at radius 2 is 1.90 bits per heavy atom. The van der Waals surface area contributed by atoms with Gasteiger partial charge in [0, 0.05) is 19.6 Å². The Morgan fingerprint density at radius 1 is 1.30 bits per heavy atom. The van der Waals surface area contributed by atoms with Crippen molar-refractivity contribution in [2.45, 2.75) is 59.5 Å². The molecule has 0 radical (unpaired) electrons. The fraction of sp³-hybridized carbons (Fsp3) is 0.933. The van der Waals surface area contributed by atoms with Gasteiger partial charge in [-0.1, -0.05) is 32.5 Å². The average molecular weight is 304 g/mol. The molecule has 2 atom stereocenters. The van der Waals surface area contributed by atoms with E-state index in [2.05, 4.69) is 13.8 Å². The summed E-state index contributed by atoms with van der Waals surface area (Å²) in [6.45, 7) is 11.1. The van der Waals surface area contributed by atoms with Crippen LogP contribution < -0.4 is 0 Å². The van der Waals surface area contributed by atoms with Crippen LogP contribution in [-0.4, -0.2) is 36.2 Å². The molecule has 5 heteroatoms. The smallest absolute Gasteiger partial charge is 0.283 e. The lowest BCUT2D eigenvalue weighted by Crippen LogP contribution is -2.52.